The average molecular weight is 545 g/mol. The molecule has 0 saturated carbocycles. The molecule has 202 valence electrons. The maximum Gasteiger partial charge on any atom is 0.240 e. The molecule has 10 heteroatoms. The number of para-hydroxylation sites is 1. The molecular weight excluding hydrogens is 512 g/mol. The minimum absolute atomic E-state index is 0.133. The second kappa shape index (κ2) is 11.5. The molecule has 2 heterocycles. The van der Waals surface area contributed by atoms with Crippen LogP contribution in [0.2, 0.25) is 0 Å². The van der Waals surface area contributed by atoms with E-state index in [0.717, 1.165) is 60.4 Å². The first-order valence-corrected chi connectivity index (χ1v) is 14.5. The van der Waals surface area contributed by atoms with E-state index in [2.05, 4.69) is 32.1 Å². The lowest BCUT2D eigenvalue weighted by Gasteiger charge is -2.34. The van der Waals surface area contributed by atoms with Crippen molar-refractivity contribution in [2.24, 2.45) is 0 Å². The van der Waals surface area contributed by atoms with Gasteiger partial charge >= 0.3 is 0 Å². The van der Waals surface area contributed by atoms with Gasteiger partial charge in [0.05, 0.1) is 10.4 Å². The molecule has 0 spiro atoms. The monoisotopic (exact) mass is 544 g/mol. The SMILES string of the molecule is CCNS(=O)(=O)c1ccc(-c2cccc3cnc(Nc4cccc(CN5CCN(C(C)=O)CC5)c4)nc23)cc1. The van der Waals surface area contributed by atoms with Gasteiger partial charge in [-0.25, -0.2) is 23.1 Å². The van der Waals surface area contributed by atoms with Gasteiger partial charge in [0.2, 0.25) is 21.9 Å². The van der Waals surface area contributed by atoms with E-state index < -0.39 is 10.0 Å². The molecule has 1 fully saturated rings. The van der Waals surface area contributed by atoms with Crippen LogP contribution in [0.5, 0.6) is 0 Å². The van der Waals surface area contributed by atoms with E-state index in [1.54, 1.807) is 44.3 Å². The highest BCUT2D eigenvalue weighted by Gasteiger charge is 2.19. The summed E-state index contributed by atoms with van der Waals surface area (Å²) in [6.07, 6.45) is 1.79. The molecule has 1 aliphatic heterocycles. The molecular formula is C29H32N6O3S. The average Bonchev–Trinajstić information content (AvgIpc) is 2.93. The van der Waals surface area contributed by atoms with Gasteiger partial charge in [0.25, 0.3) is 0 Å². The van der Waals surface area contributed by atoms with E-state index in [4.69, 9.17) is 4.98 Å². The summed E-state index contributed by atoms with van der Waals surface area (Å²) in [7, 11) is -3.52. The second-order valence-corrected chi connectivity index (χ2v) is 11.3. The van der Waals surface area contributed by atoms with Crippen LogP contribution in [0.1, 0.15) is 19.4 Å². The number of amides is 1. The number of anilines is 2. The van der Waals surface area contributed by atoms with Crippen molar-refractivity contribution in [2.45, 2.75) is 25.3 Å². The Morgan fingerprint density at radius 1 is 0.974 bits per heavy atom. The Kier molecular flexibility index (Phi) is 7.87. The Labute approximate surface area is 228 Å². The fraction of sp³-hybridized carbons (Fsp3) is 0.276. The third kappa shape index (κ3) is 6.25. The number of fused-ring (bicyclic) bond motifs is 1. The molecule has 39 heavy (non-hydrogen) atoms. The normalized spacial score (nSPS) is 14.5. The Balaban J connectivity index is 1.34. The number of rotatable bonds is 8. The smallest absolute Gasteiger partial charge is 0.240 e. The van der Waals surface area contributed by atoms with Crippen molar-refractivity contribution in [1.82, 2.24) is 24.5 Å². The Morgan fingerprint density at radius 2 is 1.72 bits per heavy atom. The highest BCUT2D eigenvalue weighted by Crippen LogP contribution is 2.29. The van der Waals surface area contributed by atoms with E-state index >= 15 is 0 Å². The summed E-state index contributed by atoms with van der Waals surface area (Å²) in [6, 6.07) is 20.9. The number of carbonyl (C=O) groups excluding carboxylic acids is 1. The fourth-order valence-corrected chi connectivity index (χ4v) is 5.83. The molecule has 1 amide bonds. The maximum absolute atomic E-state index is 12.3. The largest absolute Gasteiger partial charge is 0.340 e. The van der Waals surface area contributed by atoms with Crippen LogP contribution in [0.15, 0.2) is 77.8 Å². The van der Waals surface area contributed by atoms with E-state index in [-0.39, 0.29) is 10.8 Å². The van der Waals surface area contributed by atoms with Crippen LogP contribution < -0.4 is 10.0 Å². The van der Waals surface area contributed by atoms with Crippen LogP contribution in [-0.2, 0) is 21.4 Å². The molecule has 0 aliphatic carbocycles. The van der Waals surface area contributed by atoms with Gasteiger partial charge in [-0.3, -0.25) is 9.69 Å². The van der Waals surface area contributed by atoms with Crippen molar-refractivity contribution in [3.05, 3.63) is 78.5 Å². The van der Waals surface area contributed by atoms with Gasteiger partial charge < -0.3 is 10.2 Å². The highest BCUT2D eigenvalue weighted by atomic mass is 32.2. The molecule has 9 nitrogen and oxygen atoms in total. The van der Waals surface area contributed by atoms with Crippen LogP contribution in [-0.4, -0.2) is 66.8 Å². The van der Waals surface area contributed by atoms with Crippen molar-refractivity contribution >= 4 is 38.5 Å². The van der Waals surface area contributed by atoms with E-state index in [1.165, 1.54) is 5.56 Å². The lowest BCUT2D eigenvalue weighted by Crippen LogP contribution is -2.47. The molecule has 0 bridgehead atoms. The summed E-state index contributed by atoms with van der Waals surface area (Å²) < 4.78 is 27.2. The van der Waals surface area contributed by atoms with Gasteiger partial charge in [-0.15, -0.1) is 0 Å². The minimum atomic E-state index is -3.52. The lowest BCUT2D eigenvalue weighted by atomic mass is 10.0. The molecule has 0 atom stereocenters. The number of carbonyl (C=O) groups is 1. The zero-order chi connectivity index (χ0) is 27.4. The van der Waals surface area contributed by atoms with E-state index in [1.807, 2.05) is 35.2 Å². The Hall–Kier alpha value is -3.86. The number of benzene rings is 3. The van der Waals surface area contributed by atoms with Crippen molar-refractivity contribution in [1.29, 1.82) is 0 Å². The van der Waals surface area contributed by atoms with Crippen molar-refractivity contribution in [3.8, 4) is 11.1 Å². The quantitative estimate of drug-likeness (QED) is 0.345. The maximum atomic E-state index is 12.3. The number of nitrogens with one attached hydrogen (secondary N) is 2. The van der Waals surface area contributed by atoms with Gasteiger partial charge in [0, 0.05) is 69.0 Å². The van der Waals surface area contributed by atoms with Gasteiger partial charge in [-0.1, -0.05) is 49.4 Å². The molecule has 3 aromatic carbocycles. The molecule has 1 aromatic heterocycles. The topological polar surface area (TPSA) is 108 Å². The molecule has 1 aliphatic rings. The lowest BCUT2D eigenvalue weighted by molar-refractivity contribution is -0.130. The summed E-state index contributed by atoms with van der Waals surface area (Å²) in [5.74, 6) is 0.613. The zero-order valence-electron chi connectivity index (χ0n) is 22.1. The molecule has 0 radical (unpaired) electrons. The van der Waals surface area contributed by atoms with Crippen LogP contribution in [0.4, 0.5) is 11.6 Å². The predicted octanol–water partition coefficient (Wildman–Crippen LogP) is 4.00. The third-order valence-corrected chi connectivity index (χ3v) is 8.39. The molecule has 1 saturated heterocycles. The molecule has 2 N–H and O–H groups in total. The van der Waals surface area contributed by atoms with Crippen LogP contribution in [0.25, 0.3) is 22.0 Å². The first-order valence-electron chi connectivity index (χ1n) is 13.0. The number of hydrogen-bond acceptors (Lipinski definition) is 7. The Morgan fingerprint density at radius 3 is 2.44 bits per heavy atom. The van der Waals surface area contributed by atoms with E-state index in [0.29, 0.717) is 12.5 Å². The molecule has 5 rings (SSSR count). The van der Waals surface area contributed by atoms with Gasteiger partial charge in [0.15, 0.2) is 0 Å². The second-order valence-electron chi connectivity index (χ2n) is 9.57. The van der Waals surface area contributed by atoms with Crippen LogP contribution in [0.3, 0.4) is 0 Å². The number of piperazine rings is 1. The third-order valence-electron chi connectivity index (χ3n) is 6.83. The summed E-state index contributed by atoms with van der Waals surface area (Å²) in [5.41, 5.74) is 4.60. The van der Waals surface area contributed by atoms with Gasteiger partial charge in [-0.2, -0.15) is 0 Å². The van der Waals surface area contributed by atoms with Crippen LogP contribution >= 0.6 is 0 Å². The number of sulfonamides is 1. The first kappa shape index (κ1) is 26.7. The van der Waals surface area contributed by atoms with Crippen LogP contribution in [0, 0.1) is 0 Å². The summed E-state index contributed by atoms with van der Waals surface area (Å²) >= 11 is 0. The van der Waals surface area contributed by atoms with E-state index in [9.17, 15) is 13.2 Å². The molecule has 4 aromatic rings. The Bertz CT molecular complexity index is 1580. The summed E-state index contributed by atoms with van der Waals surface area (Å²) in [4.78, 5) is 25.4. The number of nitrogens with zero attached hydrogens (tertiary/aromatic N) is 4. The zero-order valence-corrected chi connectivity index (χ0v) is 22.9. The molecule has 0 unspecified atom stereocenters. The van der Waals surface area contributed by atoms with Crippen molar-refractivity contribution < 1.29 is 13.2 Å². The first-order chi connectivity index (χ1) is 18.8. The summed E-state index contributed by atoms with van der Waals surface area (Å²) in [6.45, 7) is 7.75. The van der Waals surface area contributed by atoms with Gasteiger partial charge in [-0.05, 0) is 35.4 Å². The predicted molar refractivity (Wildman–Crippen MR) is 153 cm³/mol. The van der Waals surface area contributed by atoms with Crippen molar-refractivity contribution in [3.63, 3.8) is 0 Å². The standard InChI is InChI=1S/C29H32N6O3S/c1-3-31-39(37,38)26-12-10-23(11-13-26)27-9-5-7-24-19-30-29(33-28(24)27)32-25-8-4-6-22(18-25)20-34-14-16-35(17-15-34)21(2)36/h4-13,18-19,31H,3,14-17,20H2,1-2H3,(H,30,32,33). The highest BCUT2D eigenvalue weighted by molar-refractivity contribution is 7.89. The van der Waals surface area contributed by atoms with Crippen molar-refractivity contribution in [2.75, 3.05) is 38.0 Å². The number of hydrogen-bond donors (Lipinski definition) is 2. The number of aromatic nitrogens is 2. The van der Waals surface area contributed by atoms with Gasteiger partial charge in [0.1, 0.15) is 0 Å². The summed E-state index contributed by atoms with van der Waals surface area (Å²) in [5, 5.41) is 4.23. The minimum Gasteiger partial charge on any atom is -0.340 e. The fourth-order valence-electron chi connectivity index (χ4n) is 4.79.